The zero-order chi connectivity index (χ0) is 13.0. The Morgan fingerprint density at radius 2 is 2.00 bits per heavy atom. The standard InChI is InChI=1S/C13H24N2O2/c1-9(2)6-14-13(17)11-5-12(16)15(8-11)7-10(3)4/h9-11H,5-8H2,1-4H3,(H,14,17). The lowest BCUT2D eigenvalue weighted by Crippen LogP contribution is -2.35. The molecule has 1 fully saturated rings. The largest absolute Gasteiger partial charge is 0.356 e. The molecule has 1 rings (SSSR count). The van der Waals surface area contributed by atoms with Gasteiger partial charge in [-0.1, -0.05) is 27.7 Å². The first kappa shape index (κ1) is 14.0. The number of rotatable bonds is 5. The second-order valence-electron chi connectivity index (χ2n) is 5.73. The van der Waals surface area contributed by atoms with E-state index in [0.29, 0.717) is 31.3 Å². The fraction of sp³-hybridized carbons (Fsp3) is 0.846. The molecule has 1 aliphatic heterocycles. The molecule has 98 valence electrons. The van der Waals surface area contributed by atoms with Crippen LogP contribution in [0.1, 0.15) is 34.1 Å². The van der Waals surface area contributed by atoms with Gasteiger partial charge in [-0.3, -0.25) is 9.59 Å². The third-order valence-electron chi connectivity index (χ3n) is 2.86. The minimum atomic E-state index is -0.153. The van der Waals surface area contributed by atoms with Gasteiger partial charge in [-0.25, -0.2) is 0 Å². The molecule has 1 heterocycles. The van der Waals surface area contributed by atoms with Gasteiger partial charge in [-0.2, -0.15) is 0 Å². The molecule has 0 saturated carbocycles. The van der Waals surface area contributed by atoms with E-state index in [1.165, 1.54) is 0 Å². The molecule has 1 atom stereocenters. The highest BCUT2D eigenvalue weighted by Gasteiger charge is 2.34. The fourth-order valence-corrected chi connectivity index (χ4v) is 2.01. The summed E-state index contributed by atoms with van der Waals surface area (Å²) < 4.78 is 0. The Morgan fingerprint density at radius 3 is 2.53 bits per heavy atom. The summed E-state index contributed by atoms with van der Waals surface area (Å²) in [6.07, 6.45) is 0.372. The summed E-state index contributed by atoms with van der Waals surface area (Å²) in [5.41, 5.74) is 0. The Labute approximate surface area is 104 Å². The van der Waals surface area contributed by atoms with E-state index in [4.69, 9.17) is 0 Å². The highest BCUT2D eigenvalue weighted by atomic mass is 16.2. The minimum absolute atomic E-state index is 0.0262. The highest BCUT2D eigenvalue weighted by Crippen LogP contribution is 2.19. The maximum Gasteiger partial charge on any atom is 0.225 e. The molecule has 0 radical (unpaired) electrons. The van der Waals surface area contributed by atoms with Gasteiger partial charge in [0.1, 0.15) is 0 Å². The minimum Gasteiger partial charge on any atom is -0.356 e. The van der Waals surface area contributed by atoms with E-state index in [0.717, 1.165) is 6.54 Å². The number of carbonyl (C=O) groups excluding carboxylic acids is 2. The van der Waals surface area contributed by atoms with Crippen molar-refractivity contribution in [1.82, 2.24) is 10.2 Å². The average Bonchev–Trinajstić information content (AvgIpc) is 2.56. The molecule has 1 N–H and O–H groups in total. The first-order chi connectivity index (χ1) is 7.90. The van der Waals surface area contributed by atoms with Gasteiger partial charge >= 0.3 is 0 Å². The van der Waals surface area contributed by atoms with E-state index < -0.39 is 0 Å². The molecule has 4 nitrogen and oxygen atoms in total. The van der Waals surface area contributed by atoms with Gasteiger partial charge in [0.25, 0.3) is 0 Å². The van der Waals surface area contributed by atoms with Crippen molar-refractivity contribution in [2.24, 2.45) is 17.8 Å². The van der Waals surface area contributed by atoms with Crippen LogP contribution in [-0.4, -0.2) is 36.3 Å². The zero-order valence-electron chi connectivity index (χ0n) is 11.3. The van der Waals surface area contributed by atoms with Gasteiger partial charge in [0.05, 0.1) is 5.92 Å². The molecule has 1 saturated heterocycles. The van der Waals surface area contributed by atoms with E-state index in [2.05, 4.69) is 33.0 Å². The monoisotopic (exact) mass is 240 g/mol. The summed E-state index contributed by atoms with van der Waals surface area (Å²) >= 11 is 0. The van der Waals surface area contributed by atoms with Crippen molar-refractivity contribution in [2.75, 3.05) is 19.6 Å². The van der Waals surface area contributed by atoms with Crippen LogP contribution >= 0.6 is 0 Å². The molecular formula is C13H24N2O2. The molecule has 17 heavy (non-hydrogen) atoms. The van der Waals surface area contributed by atoms with Crippen LogP contribution in [-0.2, 0) is 9.59 Å². The zero-order valence-corrected chi connectivity index (χ0v) is 11.3. The predicted molar refractivity (Wildman–Crippen MR) is 67.4 cm³/mol. The number of likely N-dealkylation sites (tertiary alicyclic amines) is 1. The summed E-state index contributed by atoms with van der Waals surface area (Å²) in [6, 6.07) is 0. The summed E-state index contributed by atoms with van der Waals surface area (Å²) in [5, 5.41) is 2.90. The smallest absolute Gasteiger partial charge is 0.225 e. The van der Waals surface area contributed by atoms with Crippen molar-refractivity contribution in [3.8, 4) is 0 Å². The van der Waals surface area contributed by atoms with Crippen molar-refractivity contribution in [2.45, 2.75) is 34.1 Å². The number of hydrogen-bond acceptors (Lipinski definition) is 2. The van der Waals surface area contributed by atoms with E-state index in [1.807, 2.05) is 4.90 Å². The molecule has 0 aromatic heterocycles. The van der Waals surface area contributed by atoms with E-state index in [-0.39, 0.29) is 17.7 Å². The van der Waals surface area contributed by atoms with Crippen molar-refractivity contribution >= 4 is 11.8 Å². The van der Waals surface area contributed by atoms with Gasteiger partial charge in [0.2, 0.25) is 11.8 Å². The second-order valence-corrected chi connectivity index (χ2v) is 5.73. The van der Waals surface area contributed by atoms with Crippen molar-refractivity contribution in [1.29, 1.82) is 0 Å². The third-order valence-corrected chi connectivity index (χ3v) is 2.86. The summed E-state index contributed by atoms with van der Waals surface area (Å²) in [4.78, 5) is 25.4. The third kappa shape index (κ3) is 4.36. The summed E-state index contributed by atoms with van der Waals surface area (Å²) in [5.74, 6) is 0.890. The van der Waals surface area contributed by atoms with Crippen molar-refractivity contribution in [3.63, 3.8) is 0 Å². The topological polar surface area (TPSA) is 49.4 Å². The Kier molecular flexibility index (Phi) is 4.97. The Balaban J connectivity index is 2.42. The van der Waals surface area contributed by atoms with E-state index >= 15 is 0 Å². The first-order valence-electron chi connectivity index (χ1n) is 6.45. The molecule has 1 aliphatic rings. The molecular weight excluding hydrogens is 216 g/mol. The number of carbonyl (C=O) groups is 2. The SMILES string of the molecule is CC(C)CNC(=O)C1CC(=O)N(CC(C)C)C1. The molecule has 1 unspecified atom stereocenters. The van der Waals surface area contributed by atoms with Crippen LogP contribution in [0.15, 0.2) is 0 Å². The van der Waals surface area contributed by atoms with Gasteiger partial charge in [-0.05, 0) is 11.8 Å². The molecule has 0 aliphatic carbocycles. The fourth-order valence-electron chi connectivity index (χ4n) is 2.01. The number of amides is 2. The molecule has 2 amide bonds. The van der Waals surface area contributed by atoms with Crippen molar-refractivity contribution in [3.05, 3.63) is 0 Å². The number of nitrogens with zero attached hydrogens (tertiary/aromatic N) is 1. The maximum absolute atomic E-state index is 11.8. The number of hydrogen-bond donors (Lipinski definition) is 1. The maximum atomic E-state index is 11.8. The van der Waals surface area contributed by atoms with Crippen LogP contribution < -0.4 is 5.32 Å². The Morgan fingerprint density at radius 1 is 1.35 bits per heavy atom. The Hall–Kier alpha value is -1.06. The van der Waals surface area contributed by atoms with Crippen molar-refractivity contribution < 1.29 is 9.59 Å². The van der Waals surface area contributed by atoms with Crippen LogP contribution in [0.4, 0.5) is 0 Å². The van der Waals surface area contributed by atoms with Crippen LogP contribution in [0.25, 0.3) is 0 Å². The normalized spacial score (nSPS) is 20.5. The number of nitrogens with one attached hydrogen (secondary N) is 1. The first-order valence-corrected chi connectivity index (χ1v) is 6.45. The lowest BCUT2D eigenvalue weighted by Gasteiger charge is -2.18. The van der Waals surface area contributed by atoms with E-state index in [9.17, 15) is 9.59 Å². The Bertz CT molecular complexity index is 287. The van der Waals surface area contributed by atoms with E-state index in [1.54, 1.807) is 0 Å². The van der Waals surface area contributed by atoms with Gasteiger partial charge in [-0.15, -0.1) is 0 Å². The van der Waals surface area contributed by atoms with Crippen LogP contribution in [0.5, 0.6) is 0 Å². The molecule has 0 aromatic carbocycles. The van der Waals surface area contributed by atoms with Gasteiger partial charge < -0.3 is 10.2 Å². The lowest BCUT2D eigenvalue weighted by molar-refractivity contribution is -0.129. The van der Waals surface area contributed by atoms with Gasteiger partial charge in [0, 0.05) is 26.1 Å². The molecule has 0 spiro atoms. The summed E-state index contributed by atoms with van der Waals surface area (Å²) in [7, 11) is 0. The summed E-state index contributed by atoms with van der Waals surface area (Å²) in [6.45, 7) is 10.3. The second kappa shape index (κ2) is 6.03. The van der Waals surface area contributed by atoms with Crippen LogP contribution in [0.3, 0.4) is 0 Å². The van der Waals surface area contributed by atoms with Crippen LogP contribution in [0, 0.1) is 17.8 Å². The molecule has 0 bridgehead atoms. The predicted octanol–water partition coefficient (Wildman–Crippen LogP) is 1.26. The quantitative estimate of drug-likeness (QED) is 0.786. The van der Waals surface area contributed by atoms with Crippen LogP contribution in [0.2, 0.25) is 0 Å². The molecule has 0 aromatic rings. The highest BCUT2D eigenvalue weighted by molar-refractivity contribution is 5.89. The lowest BCUT2D eigenvalue weighted by atomic mass is 10.1. The van der Waals surface area contributed by atoms with Gasteiger partial charge in [0.15, 0.2) is 0 Å². The average molecular weight is 240 g/mol. The molecule has 4 heteroatoms.